The molecule has 0 saturated carbocycles. The van der Waals surface area contributed by atoms with Gasteiger partial charge in [0.15, 0.2) is 0 Å². The Labute approximate surface area is 117 Å². The van der Waals surface area contributed by atoms with Gasteiger partial charge in [-0.1, -0.05) is 39.0 Å². The van der Waals surface area contributed by atoms with Crippen molar-refractivity contribution in [2.75, 3.05) is 18.0 Å². The van der Waals surface area contributed by atoms with Crippen LogP contribution in [0.3, 0.4) is 0 Å². The Bertz CT molecular complexity index is 470. The molecule has 0 N–H and O–H groups in total. The molecule has 1 aromatic rings. The largest absolute Gasteiger partial charge is 0.371 e. The van der Waals surface area contributed by atoms with Gasteiger partial charge in [0, 0.05) is 25.2 Å². The minimum atomic E-state index is 0.217. The first kappa shape index (κ1) is 13.9. The van der Waals surface area contributed by atoms with Gasteiger partial charge in [-0.3, -0.25) is 0 Å². The third kappa shape index (κ3) is 2.92. The van der Waals surface area contributed by atoms with Crippen LogP contribution in [-0.2, 0) is 6.42 Å². The van der Waals surface area contributed by atoms with Crippen LogP contribution >= 0.6 is 0 Å². The lowest BCUT2D eigenvalue weighted by molar-refractivity contribution is 0.179. The second-order valence-corrected chi connectivity index (χ2v) is 6.24. The van der Waals surface area contributed by atoms with Crippen LogP contribution in [0.5, 0.6) is 0 Å². The number of piperidine rings is 1. The molecule has 2 nitrogen and oxygen atoms in total. The number of nitriles is 1. The molecule has 1 aliphatic heterocycles. The van der Waals surface area contributed by atoms with Crippen molar-refractivity contribution in [1.82, 2.24) is 0 Å². The standard InChI is InChI=1S/C17H24N2/c1-4-14-7-5-6-8-16(14)19-12-10-15(9-11-18)17(2,3)13-19/h5-8,15H,4,9-10,12-13H2,1-3H3. The van der Waals surface area contributed by atoms with Crippen LogP contribution in [0.4, 0.5) is 5.69 Å². The molecular weight excluding hydrogens is 232 g/mol. The van der Waals surface area contributed by atoms with E-state index in [9.17, 15) is 0 Å². The molecule has 0 radical (unpaired) electrons. The fourth-order valence-corrected chi connectivity index (χ4v) is 3.21. The average Bonchev–Trinajstić information content (AvgIpc) is 2.41. The Morgan fingerprint density at radius 3 is 2.74 bits per heavy atom. The van der Waals surface area contributed by atoms with Crippen molar-refractivity contribution in [2.45, 2.75) is 40.0 Å². The topological polar surface area (TPSA) is 27.0 Å². The van der Waals surface area contributed by atoms with Crippen LogP contribution in [0, 0.1) is 22.7 Å². The molecule has 2 rings (SSSR count). The molecule has 19 heavy (non-hydrogen) atoms. The highest BCUT2D eigenvalue weighted by Gasteiger charge is 2.35. The van der Waals surface area contributed by atoms with E-state index in [2.05, 4.69) is 56.0 Å². The molecule has 1 aliphatic rings. The second kappa shape index (κ2) is 5.65. The monoisotopic (exact) mass is 256 g/mol. The lowest BCUT2D eigenvalue weighted by Crippen LogP contribution is -2.46. The number of rotatable bonds is 3. The lowest BCUT2D eigenvalue weighted by atomic mass is 9.72. The fraction of sp³-hybridized carbons (Fsp3) is 0.588. The fourth-order valence-electron chi connectivity index (χ4n) is 3.21. The third-order valence-electron chi connectivity index (χ3n) is 4.50. The molecule has 0 bridgehead atoms. The quantitative estimate of drug-likeness (QED) is 0.817. The highest BCUT2D eigenvalue weighted by atomic mass is 15.1. The SMILES string of the molecule is CCc1ccccc1N1CCC(CC#N)C(C)(C)C1. The smallest absolute Gasteiger partial charge is 0.0624 e. The van der Waals surface area contributed by atoms with Crippen molar-refractivity contribution in [3.63, 3.8) is 0 Å². The van der Waals surface area contributed by atoms with E-state index >= 15 is 0 Å². The van der Waals surface area contributed by atoms with E-state index in [1.165, 1.54) is 11.3 Å². The number of nitrogens with zero attached hydrogens (tertiary/aromatic N) is 2. The van der Waals surface area contributed by atoms with Crippen LogP contribution in [0.2, 0.25) is 0 Å². The summed E-state index contributed by atoms with van der Waals surface area (Å²) in [7, 11) is 0. The number of anilines is 1. The van der Waals surface area contributed by atoms with Crippen LogP contribution in [0.25, 0.3) is 0 Å². The minimum Gasteiger partial charge on any atom is -0.371 e. The Balaban J connectivity index is 2.19. The molecule has 0 aliphatic carbocycles. The highest BCUT2D eigenvalue weighted by molar-refractivity contribution is 5.54. The summed E-state index contributed by atoms with van der Waals surface area (Å²) in [6, 6.07) is 11.1. The van der Waals surface area contributed by atoms with Gasteiger partial charge in [-0.2, -0.15) is 5.26 Å². The maximum Gasteiger partial charge on any atom is 0.0624 e. The Morgan fingerprint density at radius 2 is 2.11 bits per heavy atom. The van der Waals surface area contributed by atoms with Crippen molar-refractivity contribution in [3.8, 4) is 6.07 Å². The van der Waals surface area contributed by atoms with E-state index in [1.54, 1.807) is 0 Å². The average molecular weight is 256 g/mol. The van der Waals surface area contributed by atoms with Gasteiger partial charge in [-0.25, -0.2) is 0 Å². The summed E-state index contributed by atoms with van der Waals surface area (Å²) in [4.78, 5) is 2.51. The van der Waals surface area contributed by atoms with Crippen LogP contribution in [0.15, 0.2) is 24.3 Å². The van der Waals surface area contributed by atoms with Gasteiger partial charge < -0.3 is 4.90 Å². The summed E-state index contributed by atoms with van der Waals surface area (Å²) >= 11 is 0. The van der Waals surface area contributed by atoms with Gasteiger partial charge in [0.25, 0.3) is 0 Å². The lowest BCUT2D eigenvalue weighted by Gasteiger charge is -2.45. The molecule has 1 saturated heterocycles. The molecule has 1 unspecified atom stereocenters. The van der Waals surface area contributed by atoms with Gasteiger partial charge >= 0.3 is 0 Å². The molecule has 1 heterocycles. The summed E-state index contributed by atoms with van der Waals surface area (Å²) < 4.78 is 0. The van der Waals surface area contributed by atoms with Crippen LogP contribution in [-0.4, -0.2) is 13.1 Å². The molecule has 102 valence electrons. The van der Waals surface area contributed by atoms with Gasteiger partial charge in [0.1, 0.15) is 0 Å². The van der Waals surface area contributed by atoms with E-state index in [0.29, 0.717) is 12.3 Å². The molecule has 1 aromatic carbocycles. The van der Waals surface area contributed by atoms with Gasteiger partial charge in [0.2, 0.25) is 0 Å². The normalized spacial score (nSPS) is 22.0. The minimum absolute atomic E-state index is 0.217. The summed E-state index contributed by atoms with van der Waals surface area (Å²) in [5.74, 6) is 0.530. The Hall–Kier alpha value is -1.49. The number of hydrogen-bond donors (Lipinski definition) is 0. The summed E-state index contributed by atoms with van der Waals surface area (Å²) in [5, 5.41) is 8.95. The van der Waals surface area contributed by atoms with E-state index in [1.807, 2.05) is 0 Å². The third-order valence-corrected chi connectivity index (χ3v) is 4.50. The van der Waals surface area contributed by atoms with E-state index in [0.717, 1.165) is 25.9 Å². The Kier molecular flexibility index (Phi) is 4.14. The molecular formula is C17H24N2. The number of para-hydroxylation sites is 1. The van der Waals surface area contributed by atoms with E-state index < -0.39 is 0 Å². The first-order valence-corrected chi connectivity index (χ1v) is 7.28. The molecule has 1 fully saturated rings. The number of aryl methyl sites for hydroxylation is 1. The van der Waals surface area contributed by atoms with Crippen LogP contribution < -0.4 is 4.90 Å². The highest BCUT2D eigenvalue weighted by Crippen LogP contribution is 2.39. The first-order chi connectivity index (χ1) is 9.08. The zero-order chi connectivity index (χ0) is 13.9. The predicted molar refractivity (Wildman–Crippen MR) is 80.2 cm³/mol. The van der Waals surface area contributed by atoms with E-state index in [-0.39, 0.29) is 5.41 Å². The van der Waals surface area contributed by atoms with Gasteiger partial charge in [0.05, 0.1) is 6.07 Å². The van der Waals surface area contributed by atoms with Crippen molar-refractivity contribution in [3.05, 3.63) is 29.8 Å². The molecule has 0 spiro atoms. The number of hydrogen-bond acceptors (Lipinski definition) is 2. The van der Waals surface area contributed by atoms with Gasteiger partial charge in [-0.05, 0) is 35.8 Å². The predicted octanol–water partition coefficient (Wildman–Crippen LogP) is 4.02. The molecule has 0 amide bonds. The molecule has 0 aromatic heterocycles. The van der Waals surface area contributed by atoms with Gasteiger partial charge in [-0.15, -0.1) is 0 Å². The number of benzene rings is 1. The van der Waals surface area contributed by atoms with Crippen LogP contribution in [0.1, 0.15) is 39.2 Å². The molecule has 2 heteroatoms. The zero-order valence-electron chi connectivity index (χ0n) is 12.3. The van der Waals surface area contributed by atoms with Crippen molar-refractivity contribution in [1.29, 1.82) is 5.26 Å². The van der Waals surface area contributed by atoms with Crippen molar-refractivity contribution >= 4 is 5.69 Å². The van der Waals surface area contributed by atoms with E-state index in [4.69, 9.17) is 5.26 Å². The first-order valence-electron chi connectivity index (χ1n) is 7.28. The van der Waals surface area contributed by atoms with Crippen molar-refractivity contribution in [2.24, 2.45) is 11.3 Å². The Morgan fingerprint density at radius 1 is 1.37 bits per heavy atom. The second-order valence-electron chi connectivity index (χ2n) is 6.24. The van der Waals surface area contributed by atoms with Crippen molar-refractivity contribution < 1.29 is 0 Å². The maximum atomic E-state index is 8.95. The zero-order valence-corrected chi connectivity index (χ0v) is 12.3. The summed E-state index contributed by atoms with van der Waals surface area (Å²) in [5.41, 5.74) is 3.03. The summed E-state index contributed by atoms with van der Waals surface area (Å²) in [6.45, 7) is 8.95. The summed E-state index contributed by atoms with van der Waals surface area (Å²) in [6.07, 6.45) is 2.89. The molecule has 1 atom stereocenters. The maximum absolute atomic E-state index is 8.95.